The van der Waals surface area contributed by atoms with Crippen LogP contribution in [-0.2, 0) is 6.42 Å². The molecule has 0 fully saturated rings. The van der Waals surface area contributed by atoms with Crippen molar-refractivity contribution in [1.29, 1.82) is 5.26 Å². The summed E-state index contributed by atoms with van der Waals surface area (Å²) in [7, 11) is 1.54. The molecule has 0 saturated heterocycles. The molecule has 16 heavy (non-hydrogen) atoms. The monoisotopic (exact) mass is 257 g/mol. The van der Waals surface area contributed by atoms with Crippen molar-refractivity contribution in [1.82, 2.24) is 0 Å². The number of hydrogen-bond donors (Lipinski definition) is 0. The highest BCUT2D eigenvalue weighted by atomic mass is 35.5. The molecule has 0 aliphatic rings. The van der Waals surface area contributed by atoms with Gasteiger partial charge in [-0.3, -0.25) is 0 Å². The van der Waals surface area contributed by atoms with E-state index in [2.05, 4.69) is 6.07 Å². The predicted octanol–water partition coefficient (Wildman–Crippen LogP) is 4.09. The van der Waals surface area contributed by atoms with Crippen LogP contribution in [0.1, 0.15) is 18.9 Å². The Morgan fingerprint density at radius 3 is 2.56 bits per heavy atom. The van der Waals surface area contributed by atoms with Crippen LogP contribution >= 0.6 is 23.2 Å². The Hall–Kier alpha value is -0.910. The number of nitriles is 1. The van der Waals surface area contributed by atoms with E-state index >= 15 is 0 Å². The van der Waals surface area contributed by atoms with Crippen LogP contribution in [0.25, 0.3) is 0 Å². The SMILES string of the molecule is CCC(C#N)Cc1cc(Cl)c(OC)cc1Cl. The van der Waals surface area contributed by atoms with Gasteiger partial charge in [-0.05, 0) is 24.5 Å². The van der Waals surface area contributed by atoms with Gasteiger partial charge in [0.15, 0.2) is 0 Å². The zero-order valence-electron chi connectivity index (χ0n) is 9.26. The normalized spacial score (nSPS) is 11.9. The Morgan fingerprint density at radius 1 is 1.38 bits per heavy atom. The molecule has 1 aromatic rings. The Kier molecular flexibility index (Phi) is 4.92. The summed E-state index contributed by atoms with van der Waals surface area (Å²) in [5.74, 6) is 0.530. The molecule has 0 heterocycles. The first kappa shape index (κ1) is 13.2. The molecule has 0 aromatic heterocycles. The first-order chi connectivity index (χ1) is 7.62. The van der Waals surface area contributed by atoms with Gasteiger partial charge in [0, 0.05) is 11.1 Å². The predicted molar refractivity (Wildman–Crippen MR) is 66.1 cm³/mol. The van der Waals surface area contributed by atoms with Crippen LogP contribution in [0.5, 0.6) is 5.75 Å². The lowest BCUT2D eigenvalue weighted by Gasteiger charge is -2.11. The fourth-order valence-corrected chi connectivity index (χ4v) is 1.92. The maximum absolute atomic E-state index is 8.90. The van der Waals surface area contributed by atoms with Crippen molar-refractivity contribution in [2.24, 2.45) is 5.92 Å². The minimum Gasteiger partial charge on any atom is -0.495 e. The van der Waals surface area contributed by atoms with Crippen molar-refractivity contribution < 1.29 is 4.74 Å². The summed E-state index contributed by atoms with van der Waals surface area (Å²) in [5, 5.41) is 10.0. The highest BCUT2D eigenvalue weighted by Gasteiger charge is 2.12. The summed E-state index contributed by atoms with van der Waals surface area (Å²) >= 11 is 12.1. The summed E-state index contributed by atoms with van der Waals surface area (Å²) in [6.45, 7) is 1.98. The van der Waals surface area contributed by atoms with Gasteiger partial charge in [-0.25, -0.2) is 0 Å². The molecule has 2 nitrogen and oxygen atoms in total. The van der Waals surface area contributed by atoms with Crippen molar-refractivity contribution in [3.63, 3.8) is 0 Å². The van der Waals surface area contributed by atoms with E-state index in [1.54, 1.807) is 19.2 Å². The zero-order valence-corrected chi connectivity index (χ0v) is 10.8. The molecule has 86 valence electrons. The van der Waals surface area contributed by atoms with Crippen molar-refractivity contribution in [3.8, 4) is 11.8 Å². The van der Waals surface area contributed by atoms with Crippen LogP contribution in [0, 0.1) is 17.2 Å². The molecule has 4 heteroatoms. The van der Waals surface area contributed by atoms with Gasteiger partial charge < -0.3 is 4.74 Å². The summed E-state index contributed by atoms with van der Waals surface area (Å²) in [4.78, 5) is 0. The van der Waals surface area contributed by atoms with Gasteiger partial charge >= 0.3 is 0 Å². The standard InChI is InChI=1S/C12H13Cl2NO/c1-3-8(7-15)4-9-5-11(14)12(16-2)6-10(9)13/h5-6,8H,3-4H2,1-2H3. The third kappa shape index (κ3) is 3.04. The molecule has 0 N–H and O–H groups in total. The molecule has 0 aliphatic carbocycles. The maximum atomic E-state index is 8.90. The van der Waals surface area contributed by atoms with Crippen LogP contribution in [-0.4, -0.2) is 7.11 Å². The molecule has 1 rings (SSSR count). The van der Waals surface area contributed by atoms with Gasteiger partial charge in [-0.2, -0.15) is 5.26 Å². The van der Waals surface area contributed by atoms with Crippen LogP contribution in [0.2, 0.25) is 10.0 Å². The van der Waals surface area contributed by atoms with E-state index in [1.165, 1.54) is 0 Å². The van der Waals surface area contributed by atoms with Crippen molar-refractivity contribution in [3.05, 3.63) is 27.7 Å². The highest BCUT2D eigenvalue weighted by molar-refractivity contribution is 6.34. The van der Waals surface area contributed by atoms with Gasteiger partial charge in [0.25, 0.3) is 0 Å². The second-order valence-corrected chi connectivity index (χ2v) is 4.33. The number of halogens is 2. The van der Waals surface area contributed by atoms with Crippen molar-refractivity contribution in [2.75, 3.05) is 7.11 Å². The Morgan fingerprint density at radius 2 is 2.06 bits per heavy atom. The topological polar surface area (TPSA) is 33.0 Å². The highest BCUT2D eigenvalue weighted by Crippen LogP contribution is 2.32. The second kappa shape index (κ2) is 5.98. The average Bonchev–Trinajstić information content (AvgIpc) is 2.29. The average molecular weight is 258 g/mol. The van der Waals surface area contributed by atoms with Crippen molar-refractivity contribution in [2.45, 2.75) is 19.8 Å². The van der Waals surface area contributed by atoms with E-state index in [0.717, 1.165) is 12.0 Å². The van der Waals surface area contributed by atoms with E-state index in [-0.39, 0.29) is 5.92 Å². The molecule has 0 saturated carbocycles. The number of nitrogens with zero attached hydrogens (tertiary/aromatic N) is 1. The fraction of sp³-hybridized carbons (Fsp3) is 0.417. The first-order valence-corrected chi connectivity index (χ1v) is 5.79. The maximum Gasteiger partial charge on any atom is 0.138 e. The Labute approximate surface area is 106 Å². The lowest BCUT2D eigenvalue weighted by molar-refractivity contribution is 0.415. The van der Waals surface area contributed by atoms with E-state index in [0.29, 0.717) is 22.2 Å². The molecular formula is C12H13Cl2NO. The van der Waals surface area contributed by atoms with Gasteiger partial charge in [-0.1, -0.05) is 30.1 Å². The number of methoxy groups -OCH3 is 1. The molecule has 0 spiro atoms. The summed E-state index contributed by atoms with van der Waals surface area (Å²) in [5.41, 5.74) is 0.890. The summed E-state index contributed by atoms with van der Waals surface area (Å²) in [6.07, 6.45) is 1.42. The lowest BCUT2D eigenvalue weighted by atomic mass is 9.98. The van der Waals surface area contributed by atoms with Crippen LogP contribution in [0.4, 0.5) is 0 Å². The minimum absolute atomic E-state index is 0.0260. The van der Waals surface area contributed by atoms with Gasteiger partial charge in [-0.15, -0.1) is 0 Å². The van der Waals surface area contributed by atoms with Gasteiger partial charge in [0.05, 0.1) is 24.1 Å². The number of ether oxygens (including phenoxy) is 1. The molecule has 1 unspecified atom stereocenters. The number of rotatable bonds is 4. The fourth-order valence-electron chi connectivity index (χ4n) is 1.43. The molecule has 1 atom stereocenters. The Balaban J connectivity index is 2.98. The molecule has 0 aliphatic heterocycles. The first-order valence-electron chi connectivity index (χ1n) is 5.03. The van der Waals surface area contributed by atoms with E-state index in [9.17, 15) is 0 Å². The third-order valence-electron chi connectivity index (χ3n) is 2.46. The Bertz CT molecular complexity index is 412. The lowest BCUT2D eigenvalue weighted by Crippen LogP contribution is -2.01. The van der Waals surface area contributed by atoms with E-state index < -0.39 is 0 Å². The van der Waals surface area contributed by atoms with Crippen LogP contribution in [0.3, 0.4) is 0 Å². The number of benzene rings is 1. The largest absolute Gasteiger partial charge is 0.495 e. The molecule has 1 aromatic carbocycles. The molecule has 0 radical (unpaired) electrons. The van der Waals surface area contributed by atoms with E-state index in [4.69, 9.17) is 33.2 Å². The smallest absolute Gasteiger partial charge is 0.138 e. The van der Waals surface area contributed by atoms with Crippen molar-refractivity contribution >= 4 is 23.2 Å². The van der Waals surface area contributed by atoms with Crippen LogP contribution in [0.15, 0.2) is 12.1 Å². The summed E-state index contributed by atoms with van der Waals surface area (Å²) < 4.78 is 5.06. The quantitative estimate of drug-likeness (QED) is 0.814. The molecular weight excluding hydrogens is 245 g/mol. The molecule has 0 bridgehead atoms. The van der Waals surface area contributed by atoms with Crippen LogP contribution < -0.4 is 4.74 Å². The van der Waals surface area contributed by atoms with Gasteiger partial charge in [0.2, 0.25) is 0 Å². The summed E-state index contributed by atoms with van der Waals surface area (Å²) in [6, 6.07) is 5.69. The molecule has 0 amide bonds. The van der Waals surface area contributed by atoms with E-state index in [1.807, 2.05) is 6.92 Å². The third-order valence-corrected chi connectivity index (χ3v) is 3.11. The zero-order chi connectivity index (χ0) is 12.1. The van der Waals surface area contributed by atoms with Gasteiger partial charge in [0.1, 0.15) is 5.75 Å². The minimum atomic E-state index is -0.0260. The number of hydrogen-bond acceptors (Lipinski definition) is 2. The second-order valence-electron chi connectivity index (χ2n) is 3.52.